The van der Waals surface area contributed by atoms with Gasteiger partial charge in [0.15, 0.2) is 5.58 Å². The van der Waals surface area contributed by atoms with Gasteiger partial charge in [0.1, 0.15) is 5.52 Å². The number of nitro benzene ring substituents is 1. The molecule has 0 fully saturated rings. The first-order valence-electron chi connectivity index (χ1n) is 5.40. The maximum Gasteiger partial charge on any atom is 0.295 e. The van der Waals surface area contributed by atoms with Gasteiger partial charge in [0.25, 0.3) is 11.7 Å². The average molecular weight is 267 g/mol. The van der Waals surface area contributed by atoms with Crippen LogP contribution in [-0.2, 0) is 0 Å². The lowest BCUT2D eigenvalue weighted by Gasteiger charge is -2.09. The molecule has 0 aliphatic rings. The Morgan fingerprint density at radius 2 is 2.39 bits per heavy atom. The van der Waals surface area contributed by atoms with Crippen LogP contribution >= 0.6 is 11.8 Å². The molecule has 0 amide bonds. The number of hydrogen-bond acceptors (Lipinski definition) is 6. The van der Waals surface area contributed by atoms with Crippen LogP contribution in [0.4, 0.5) is 11.7 Å². The van der Waals surface area contributed by atoms with Crippen molar-refractivity contribution in [1.29, 1.82) is 0 Å². The molecule has 2 aromatic rings. The van der Waals surface area contributed by atoms with Crippen molar-refractivity contribution in [3.05, 3.63) is 28.3 Å². The lowest BCUT2D eigenvalue weighted by Crippen LogP contribution is -2.17. The summed E-state index contributed by atoms with van der Waals surface area (Å²) in [5, 5.41) is 13.8. The van der Waals surface area contributed by atoms with Crippen LogP contribution in [0.2, 0.25) is 0 Å². The van der Waals surface area contributed by atoms with Gasteiger partial charge in [-0.1, -0.05) is 0 Å². The third-order valence-corrected chi connectivity index (χ3v) is 3.20. The molecule has 0 aliphatic heterocycles. The Bertz CT molecular complexity index is 570. The Balaban J connectivity index is 2.24. The number of aromatic nitrogens is 1. The van der Waals surface area contributed by atoms with Crippen LogP contribution in [0, 0.1) is 10.1 Å². The maximum atomic E-state index is 10.6. The zero-order valence-corrected chi connectivity index (χ0v) is 10.9. The second kappa shape index (κ2) is 5.26. The number of hydrogen-bond donors (Lipinski definition) is 1. The van der Waals surface area contributed by atoms with Gasteiger partial charge >= 0.3 is 0 Å². The summed E-state index contributed by atoms with van der Waals surface area (Å²) in [5.74, 6) is 0.929. The first kappa shape index (κ1) is 12.7. The minimum atomic E-state index is -0.447. The molecule has 0 saturated heterocycles. The van der Waals surface area contributed by atoms with Gasteiger partial charge in [-0.15, -0.1) is 0 Å². The molecule has 0 bridgehead atoms. The molecule has 2 rings (SSSR count). The minimum Gasteiger partial charge on any atom is -0.424 e. The highest BCUT2D eigenvalue weighted by Gasteiger charge is 2.12. The lowest BCUT2D eigenvalue weighted by atomic mass is 10.3. The third-order valence-electron chi connectivity index (χ3n) is 2.37. The summed E-state index contributed by atoms with van der Waals surface area (Å²) in [6.45, 7) is 2.02. The van der Waals surface area contributed by atoms with Gasteiger partial charge in [-0.2, -0.15) is 16.7 Å². The number of benzene rings is 1. The molecule has 1 unspecified atom stereocenters. The van der Waals surface area contributed by atoms with Crippen molar-refractivity contribution in [2.75, 3.05) is 17.3 Å². The van der Waals surface area contributed by atoms with Gasteiger partial charge < -0.3 is 9.73 Å². The zero-order chi connectivity index (χ0) is 13.1. The van der Waals surface area contributed by atoms with Gasteiger partial charge in [-0.25, -0.2) is 0 Å². The zero-order valence-electron chi connectivity index (χ0n) is 10.0. The van der Waals surface area contributed by atoms with Gasteiger partial charge in [0, 0.05) is 23.9 Å². The summed E-state index contributed by atoms with van der Waals surface area (Å²) >= 11 is 1.72. The second-order valence-electron chi connectivity index (χ2n) is 3.93. The molecule has 1 N–H and O–H groups in total. The van der Waals surface area contributed by atoms with E-state index < -0.39 is 4.92 Å². The molecule has 0 radical (unpaired) electrons. The normalized spacial score (nSPS) is 12.6. The smallest absolute Gasteiger partial charge is 0.295 e. The van der Waals surface area contributed by atoms with E-state index in [1.54, 1.807) is 17.8 Å². The number of oxazole rings is 1. The second-order valence-corrected chi connectivity index (χ2v) is 4.84. The van der Waals surface area contributed by atoms with Crippen molar-refractivity contribution in [3.8, 4) is 0 Å². The van der Waals surface area contributed by atoms with Crippen molar-refractivity contribution >= 4 is 34.6 Å². The number of non-ortho nitro benzene ring substituents is 1. The van der Waals surface area contributed by atoms with Crippen molar-refractivity contribution in [1.82, 2.24) is 4.98 Å². The van der Waals surface area contributed by atoms with Crippen molar-refractivity contribution in [2.24, 2.45) is 0 Å². The van der Waals surface area contributed by atoms with E-state index in [1.807, 2.05) is 13.2 Å². The number of nitro groups is 1. The van der Waals surface area contributed by atoms with Gasteiger partial charge in [0.2, 0.25) is 0 Å². The maximum absolute atomic E-state index is 10.6. The summed E-state index contributed by atoms with van der Waals surface area (Å²) in [6.07, 6.45) is 2.02. The van der Waals surface area contributed by atoms with Crippen LogP contribution in [0.1, 0.15) is 6.92 Å². The highest BCUT2D eigenvalue weighted by atomic mass is 32.2. The largest absolute Gasteiger partial charge is 0.424 e. The first-order valence-corrected chi connectivity index (χ1v) is 6.80. The molecule has 7 heteroatoms. The summed E-state index contributed by atoms with van der Waals surface area (Å²) in [7, 11) is 0. The van der Waals surface area contributed by atoms with Gasteiger partial charge in [-0.3, -0.25) is 10.1 Å². The predicted molar refractivity (Wildman–Crippen MR) is 72.1 cm³/mol. The Labute approximate surface area is 108 Å². The molecule has 1 aromatic carbocycles. The number of thioether (sulfide) groups is 1. The predicted octanol–water partition coefficient (Wildman–Crippen LogP) is 2.90. The third kappa shape index (κ3) is 2.73. The summed E-state index contributed by atoms with van der Waals surface area (Å²) < 4.78 is 5.47. The minimum absolute atomic E-state index is 0.0134. The van der Waals surface area contributed by atoms with Crippen LogP contribution in [0.15, 0.2) is 22.6 Å². The molecule has 0 aliphatic carbocycles. The molecule has 1 aromatic heterocycles. The van der Waals surface area contributed by atoms with E-state index in [0.717, 1.165) is 5.75 Å². The molecule has 1 heterocycles. The number of rotatable bonds is 5. The van der Waals surface area contributed by atoms with E-state index in [4.69, 9.17) is 4.42 Å². The molecular weight excluding hydrogens is 254 g/mol. The van der Waals surface area contributed by atoms with Crippen molar-refractivity contribution in [3.63, 3.8) is 0 Å². The van der Waals surface area contributed by atoms with Crippen LogP contribution < -0.4 is 5.32 Å². The monoisotopic (exact) mass is 267 g/mol. The van der Waals surface area contributed by atoms with Crippen molar-refractivity contribution < 1.29 is 9.34 Å². The topological polar surface area (TPSA) is 81.2 Å². The standard InChI is InChI=1S/C11H13N3O3S/c1-7(6-18-2)12-11-13-9-5-8(14(15)16)3-4-10(9)17-11/h3-5,7H,6H2,1-2H3,(H,12,13). The molecule has 0 saturated carbocycles. The van der Waals surface area contributed by atoms with Crippen LogP contribution in [0.3, 0.4) is 0 Å². The Kier molecular flexibility index (Phi) is 3.71. The van der Waals surface area contributed by atoms with Crippen LogP contribution in [0.25, 0.3) is 11.1 Å². The number of nitrogens with one attached hydrogen (secondary N) is 1. The van der Waals surface area contributed by atoms with Crippen LogP contribution in [-0.4, -0.2) is 28.0 Å². The van der Waals surface area contributed by atoms with Gasteiger partial charge in [0.05, 0.1) is 4.92 Å². The fourth-order valence-corrected chi connectivity index (χ4v) is 2.18. The van der Waals surface area contributed by atoms with E-state index in [0.29, 0.717) is 17.1 Å². The molecule has 0 spiro atoms. The fraction of sp³-hybridized carbons (Fsp3) is 0.364. The van der Waals surface area contributed by atoms with Crippen molar-refractivity contribution in [2.45, 2.75) is 13.0 Å². The molecule has 1 atom stereocenters. The molecular formula is C11H13N3O3S. The Morgan fingerprint density at radius 1 is 1.61 bits per heavy atom. The van der Waals surface area contributed by atoms with E-state index in [2.05, 4.69) is 10.3 Å². The van der Waals surface area contributed by atoms with E-state index in [1.165, 1.54) is 12.1 Å². The molecule has 96 valence electrons. The van der Waals surface area contributed by atoms with E-state index in [-0.39, 0.29) is 11.7 Å². The lowest BCUT2D eigenvalue weighted by molar-refractivity contribution is -0.384. The van der Waals surface area contributed by atoms with E-state index in [9.17, 15) is 10.1 Å². The summed E-state index contributed by atoms with van der Waals surface area (Å²) in [5.41, 5.74) is 1.04. The highest BCUT2D eigenvalue weighted by molar-refractivity contribution is 7.98. The molecule has 18 heavy (non-hydrogen) atoms. The van der Waals surface area contributed by atoms with Gasteiger partial charge in [-0.05, 0) is 19.2 Å². The molecule has 6 nitrogen and oxygen atoms in total. The summed E-state index contributed by atoms with van der Waals surface area (Å²) in [4.78, 5) is 14.4. The highest BCUT2D eigenvalue weighted by Crippen LogP contribution is 2.23. The number of nitrogens with zero attached hydrogens (tertiary/aromatic N) is 2. The van der Waals surface area contributed by atoms with E-state index >= 15 is 0 Å². The fourth-order valence-electron chi connectivity index (χ4n) is 1.59. The summed E-state index contributed by atoms with van der Waals surface area (Å²) in [6, 6.07) is 4.99. The quantitative estimate of drug-likeness (QED) is 0.662. The Hall–Kier alpha value is -1.76. The number of anilines is 1. The van der Waals surface area contributed by atoms with Crippen LogP contribution in [0.5, 0.6) is 0 Å². The SMILES string of the molecule is CSCC(C)Nc1nc2cc([N+](=O)[O-])ccc2o1. The Morgan fingerprint density at radius 3 is 3.06 bits per heavy atom. The number of fused-ring (bicyclic) bond motifs is 1. The first-order chi connectivity index (χ1) is 8.60. The average Bonchev–Trinajstić information content (AvgIpc) is 2.69.